The van der Waals surface area contributed by atoms with Crippen LogP contribution in [0.4, 0.5) is 0 Å². The molecule has 10 rings (SSSR count). The summed E-state index contributed by atoms with van der Waals surface area (Å²) in [6.07, 6.45) is 8.33. The number of ether oxygens (including phenoxy) is 3. The van der Waals surface area contributed by atoms with Gasteiger partial charge in [-0.3, -0.25) is 4.79 Å². The van der Waals surface area contributed by atoms with Crippen LogP contribution < -0.4 is 14.2 Å². The number of pyridine rings is 3. The lowest BCUT2D eigenvalue weighted by Gasteiger charge is -2.40. The first-order valence-corrected chi connectivity index (χ1v) is 30.8. The van der Waals surface area contributed by atoms with Gasteiger partial charge in [0.15, 0.2) is 5.78 Å². The Morgan fingerprint density at radius 2 is 0.955 bits per heavy atom. The van der Waals surface area contributed by atoms with E-state index in [-0.39, 0.29) is 16.6 Å². The van der Waals surface area contributed by atoms with Crippen LogP contribution in [0.1, 0.15) is 121 Å². The van der Waals surface area contributed by atoms with Crippen molar-refractivity contribution >= 4 is 43.3 Å². The molecule has 0 radical (unpaired) electrons. The Kier molecular flexibility index (Phi) is 24.3. The highest BCUT2D eigenvalue weighted by Gasteiger charge is 2.43. The third kappa shape index (κ3) is 18.5. The van der Waals surface area contributed by atoms with Crippen molar-refractivity contribution in [2.75, 3.05) is 62.6 Å². The summed E-state index contributed by atoms with van der Waals surface area (Å²) in [5, 5.41) is 17.3. The molecule has 458 valence electrons. The molecule has 10 aromatic rings. The lowest BCUT2D eigenvalue weighted by atomic mass is 9.70. The van der Waals surface area contributed by atoms with Gasteiger partial charge >= 0.3 is 0 Å². The van der Waals surface area contributed by atoms with Gasteiger partial charge in [0.25, 0.3) is 0 Å². The summed E-state index contributed by atoms with van der Waals surface area (Å²) in [4.78, 5) is 29.7. The van der Waals surface area contributed by atoms with Crippen LogP contribution in [-0.2, 0) is 29.3 Å². The molecule has 0 aliphatic heterocycles. The molecule has 0 aliphatic rings. The molecule has 11 heteroatoms. The van der Waals surface area contributed by atoms with Gasteiger partial charge in [0, 0.05) is 83.6 Å². The smallest absolute Gasteiger partial charge is 0.216 e. The van der Waals surface area contributed by atoms with Crippen molar-refractivity contribution in [1.29, 1.82) is 0 Å². The van der Waals surface area contributed by atoms with Crippen LogP contribution in [-0.4, -0.2) is 98.3 Å². The van der Waals surface area contributed by atoms with Crippen LogP contribution in [0.25, 0.3) is 21.5 Å². The first kappa shape index (κ1) is 67.4. The number of nitrogens with zero attached hydrogens (tertiary/aromatic N) is 5. The van der Waals surface area contributed by atoms with E-state index in [9.17, 15) is 9.90 Å². The number of Topliss-reactive ketones (excluding diaryl/α,β-unsaturated/α-hetero) is 1. The molecule has 0 spiro atoms. The predicted octanol–water partition coefficient (Wildman–Crippen LogP) is 16.9. The Labute approximate surface area is 531 Å². The van der Waals surface area contributed by atoms with Crippen LogP contribution in [0.3, 0.4) is 0 Å². The van der Waals surface area contributed by atoms with Crippen LogP contribution in [0, 0.1) is 0 Å². The number of carbonyl (C=O) groups excluding carboxylic acids is 1. The van der Waals surface area contributed by atoms with Crippen molar-refractivity contribution in [2.24, 2.45) is 0 Å². The summed E-state index contributed by atoms with van der Waals surface area (Å²) in [6.45, 7) is 14.6. The van der Waals surface area contributed by atoms with Gasteiger partial charge in [-0.2, -0.15) is 0 Å². The van der Waals surface area contributed by atoms with Gasteiger partial charge < -0.3 is 29.1 Å². The Hall–Kier alpha value is -8.06. The van der Waals surface area contributed by atoms with Crippen molar-refractivity contribution in [1.82, 2.24) is 24.8 Å². The minimum Gasteiger partial charge on any atom is -0.481 e. The summed E-state index contributed by atoms with van der Waals surface area (Å²) in [6, 6.07) is 65.8. The molecular weight excluding hydrogens is 1150 g/mol. The first-order chi connectivity index (χ1) is 42.1. The Morgan fingerprint density at radius 1 is 0.511 bits per heavy atom. The van der Waals surface area contributed by atoms with Gasteiger partial charge in [0.2, 0.25) is 17.6 Å². The summed E-state index contributed by atoms with van der Waals surface area (Å²) in [5.41, 5.74) is 9.54. The molecule has 0 saturated carbocycles. The van der Waals surface area contributed by atoms with Crippen LogP contribution in [0.5, 0.6) is 17.6 Å². The lowest BCUT2D eigenvalue weighted by molar-refractivity contribution is 0.00510. The fraction of sp³-hybridized carbons (Fsp3) is 0.299. The van der Waals surface area contributed by atoms with Crippen LogP contribution >= 0.6 is 15.9 Å². The summed E-state index contributed by atoms with van der Waals surface area (Å²) in [7, 11) is 13.0. The number of ketones is 1. The van der Waals surface area contributed by atoms with E-state index in [0.717, 1.165) is 96.8 Å². The van der Waals surface area contributed by atoms with Crippen LogP contribution in [0.15, 0.2) is 217 Å². The molecule has 0 bridgehead atoms. The zero-order valence-electron chi connectivity index (χ0n) is 53.7. The largest absolute Gasteiger partial charge is 0.481 e. The molecular formula is C77H88BrN5O5. The van der Waals surface area contributed by atoms with Crippen LogP contribution in [0.2, 0.25) is 0 Å². The highest BCUT2D eigenvalue weighted by molar-refractivity contribution is 9.10. The van der Waals surface area contributed by atoms with Gasteiger partial charge in [0.1, 0.15) is 5.60 Å². The summed E-state index contributed by atoms with van der Waals surface area (Å²) in [5.74, 6) is 1.77. The maximum absolute atomic E-state index is 13.0. The number of aliphatic hydroxyl groups is 1. The van der Waals surface area contributed by atoms with Crippen molar-refractivity contribution in [2.45, 2.75) is 89.6 Å². The minimum atomic E-state index is -1.22. The number of rotatable bonds is 18. The lowest BCUT2D eigenvalue weighted by Crippen LogP contribution is -2.38. The fourth-order valence-electron chi connectivity index (χ4n) is 10.6. The van der Waals surface area contributed by atoms with Crippen molar-refractivity contribution in [3.63, 3.8) is 0 Å². The third-order valence-electron chi connectivity index (χ3n) is 15.5. The molecule has 2 atom stereocenters. The highest BCUT2D eigenvalue weighted by atomic mass is 79.9. The maximum atomic E-state index is 13.0. The van der Waals surface area contributed by atoms with Gasteiger partial charge in [-0.15, -0.1) is 0 Å². The van der Waals surface area contributed by atoms with Crippen molar-refractivity contribution in [3.8, 4) is 17.6 Å². The normalized spacial score (nSPS) is 12.4. The quantitative estimate of drug-likeness (QED) is 0.0834. The monoisotopic (exact) mass is 1240 g/mol. The maximum Gasteiger partial charge on any atom is 0.216 e. The first-order valence-electron chi connectivity index (χ1n) is 30.0. The van der Waals surface area contributed by atoms with Crippen molar-refractivity contribution < 1.29 is 24.1 Å². The van der Waals surface area contributed by atoms with E-state index in [0.29, 0.717) is 24.6 Å². The van der Waals surface area contributed by atoms with E-state index in [1.54, 1.807) is 27.5 Å². The summed E-state index contributed by atoms with van der Waals surface area (Å²) < 4.78 is 17.4. The SMILES string of the molecule is CN(C)CCC(=O)c1cccc2ccccc12.COc1ncc(Br)cc1Cc1ccccc1.COc1ncc(C(C)(C)C)cc1C(c1ccccc1)C(O)(CCN(C)C)c1cccc2ccccc12.COc1ncc(C(C)(C)C)cc1Cc1ccccc1. The number of benzene rings is 7. The van der Waals surface area contributed by atoms with E-state index in [1.807, 2.05) is 155 Å². The average molecular weight is 1240 g/mol. The Bertz CT molecular complexity index is 3800. The average Bonchev–Trinajstić information content (AvgIpc) is 1.35. The van der Waals surface area contributed by atoms with Gasteiger partial charge in [0.05, 0.1) is 21.3 Å². The molecule has 3 aromatic heterocycles. The number of halogens is 1. The molecule has 10 nitrogen and oxygen atoms in total. The fourth-order valence-corrected chi connectivity index (χ4v) is 11.0. The molecule has 2 unspecified atom stereocenters. The topological polar surface area (TPSA) is 110 Å². The number of carbonyl (C=O) groups is 1. The van der Waals surface area contributed by atoms with E-state index in [2.05, 4.69) is 157 Å². The summed E-state index contributed by atoms with van der Waals surface area (Å²) >= 11 is 3.42. The molecule has 0 amide bonds. The highest BCUT2D eigenvalue weighted by Crippen LogP contribution is 2.49. The van der Waals surface area contributed by atoms with E-state index >= 15 is 0 Å². The van der Waals surface area contributed by atoms with Gasteiger partial charge in [-0.1, -0.05) is 217 Å². The Balaban J connectivity index is 0.000000180. The third-order valence-corrected chi connectivity index (χ3v) is 15.9. The molecule has 0 saturated heterocycles. The predicted molar refractivity (Wildman–Crippen MR) is 367 cm³/mol. The minimum absolute atomic E-state index is 0.101. The molecule has 3 heterocycles. The van der Waals surface area contributed by atoms with Crippen molar-refractivity contribution in [3.05, 3.63) is 273 Å². The van der Waals surface area contributed by atoms with E-state index in [4.69, 9.17) is 19.2 Å². The number of methoxy groups -OCH3 is 3. The number of fused-ring (bicyclic) bond motifs is 2. The second-order valence-corrected chi connectivity index (χ2v) is 25.6. The van der Waals surface area contributed by atoms with Gasteiger partial charge in [-0.05, 0) is 134 Å². The number of hydrogen-bond acceptors (Lipinski definition) is 10. The molecule has 0 fully saturated rings. The van der Waals surface area contributed by atoms with E-state index < -0.39 is 11.5 Å². The number of aromatic nitrogens is 3. The van der Waals surface area contributed by atoms with E-state index in [1.165, 1.54) is 16.7 Å². The molecule has 7 aromatic carbocycles. The second kappa shape index (κ2) is 31.7. The van der Waals surface area contributed by atoms with Gasteiger partial charge in [-0.25, -0.2) is 15.0 Å². The molecule has 88 heavy (non-hydrogen) atoms. The zero-order valence-corrected chi connectivity index (χ0v) is 55.3. The number of hydrogen-bond donors (Lipinski definition) is 1. The second-order valence-electron chi connectivity index (χ2n) is 24.7. The molecule has 0 aliphatic carbocycles. The molecule has 1 N–H and O–H groups in total. The standard InChI is InChI=1S/C32H38N2O2.C17H21NO.C15H17NO.C13H12BrNO/c1-31(2,3)25-21-27(30(36-6)33-22-25)29(24-14-8-7-9-15-24)32(35,19-20-34(4)5)28-18-12-16-23-13-10-11-17-26(23)28;1-17(2,3)15-11-14(16(19-4)18-12-15)10-13-8-6-5-7-9-13;1-16(2)11-10-15(17)14-9-5-7-12-6-3-4-8-13(12)14;1-16-13-11(8-12(14)9-15-13)7-10-5-3-2-4-6-10/h7-18,21-22,29,35H,19-20H2,1-6H3;5-9,11-12H,10H2,1-4H3;3-9H,10-11H2,1-2H3;2-6,8-9H,7H2,1H3. The Morgan fingerprint density at radius 3 is 1.49 bits per heavy atom. The zero-order chi connectivity index (χ0) is 63.4.